The molecule has 8 nitrogen and oxygen atoms in total. The zero-order valence-electron chi connectivity index (χ0n) is 15.0. The number of aryl methyl sites for hydroxylation is 2. The van der Waals surface area contributed by atoms with Crippen LogP contribution in [0.3, 0.4) is 0 Å². The van der Waals surface area contributed by atoms with Crippen LogP contribution in [-0.4, -0.2) is 39.2 Å². The van der Waals surface area contributed by atoms with E-state index < -0.39 is 0 Å². The number of nitrogens with zero attached hydrogens (tertiary/aromatic N) is 6. The van der Waals surface area contributed by atoms with Gasteiger partial charge in [0.05, 0.1) is 5.75 Å². The molecule has 0 saturated heterocycles. The molecular formula is C16H20N8S2. The lowest BCUT2D eigenvalue weighted by Gasteiger charge is -2.10. The van der Waals surface area contributed by atoms with Gasteiger partial charge in [0.15, 0.2) is 4.34 Å². The third kappa shape index (κ3) is 4.58. The number of hydrogen-bond acceptors (Lipinski definition) is 10. The Bertz CT molecular complexity index is 909. The molecular weight excluding hydrogens is 368 g/mol. The van der Waals surface area contributed by atoms with Crippen LogP contribution < -0.4 is 16.0 Å². The number of thioether (sulfide) groups is 1. The van der Waals surface area contributed by atoms with Crippen molar-refractivity contribution in [3.63, 3.8) is 0 Å². The van der Waals surface area contributed by atoms with Crippen LogP contribution in [0.2, 0.25) is 0 Å². The quantitative estimate of drug-likeness (QED) is 0.616. The van der Waals surface area contributed by atoms with Gasteiger partial charge in [-0.05, 0) is 37.1 Å². The highest BCUT2D eigenvalue weighted by atomic mass is 32.2. The first-order valence-corrected chi connectivity index (χ1v) is 9.69. The van der Waals surface area contributed by atoms with Crippen LogP contribution in [0.5, 0.6) is 0 Å². The second-order valence-electron chi connectivity index (χ2n) is 5.89. The van der Waals surface area contributed by atoms with Crippen LogP contribution in [0.1, 0.15) is 17.0 Å². The van der Waals surface area contributed by atoms with Gasteiger partial charge in [-0.25, -0.2) is 0 Å². The Kier molecular flexibility index (Phi) is 5.52. The maximum atomic E-state index is 5.75. The van der Waals surface area contributed by atoms with Gasteiger partial charge < -0.3 is 16.0 Å². The number of nitrogens with two attached hydrogens (primary N) is 1. The lowest BCUT2D eigenvalue weighted by Crippen LogP contribution is -2.15. The molecule has 1 aromatic carbocycles. The van der Waals surface area contributed by atoms with Crippen LogP contribution in [0.15, 0.2) is 22.5 Å². The molecule has 0 radical (unpaired) electrons. The van der Waals surface area contributed by atoms with Crippen molar-refractivity contribution in [1.29, 1.82) is 0 Å². The van der Waals surface area contributed by atoms with E-state index in [0.717, 1.165) is 15.2 Å². The summed E-state index contributed by atoms with van der Waals surface area (Å²) < 4.78 is 0.835. The first kappa shape index (κ1) is 18.3. The molecule has 0 saturated carbocycles. The summed E-state index contributed by atoms with van der Waals surface area (Å²) in [4.78, 5) is 14.4. The molecule has 0 fully saturated rings. The highest BCUT2D eigenvalue weighted by Crippen LogP contribution is 2.30. The molecule has 26 heavy (non-hydrogen) atoms. The fraction of sp³-hybridized carbons (Fsp3) is 0.312. The lowest BCUT2D eigenvalue weighted by atomic mass is 10.1. The van der Waals surface area contributed by atoms with Crippen LogP contribution >= 0.6 is 23.1 Å². The van der Waals surface area contributed by atoms with E-state index in [1.807, 2.05) is 20.2 Å². The van der Waals surface area contributed by atoms with Gasteiger partial charge in [-0.3, -0.25) is 0 Å². The van der Waals surface area contributed by atoms with E-state index in [2.05, 4.69) is 56.4 Å². The molecule has 136 valence electrons. The Morgan fingerprint density at radius 2 is 1.92 bits per heavy atom. The lowest BCUT2D eigenvalue weighted by molar-refractivity contribution is 0.918. The molecule has 3 aromatic rings. The maximum Gasteiger partial charge on any atom is 0.229 e. The van der Waals surface area contributed by atoms with E-state index in [9.17, 15) is 0 Å². The minimum atomic E-state index is 0.216. The molecule has 2 aromatic heterocycles. The monoisotopic (exact) mass is 388 g/mol. The van der Waals surface area contributed by atoms with E-state index in [1.165, 1.54) is 34.2 Å². The van der Waals surface area contributed by atoms with Crippen molar-refractivity contribution >= 4 is 45.8 Å². The average molecular weight is 389 g/mol. The smallest absolute Gasteiger partial charge is 0.229 e. The minimum Gasteiger partial charge on any atom is -0.368 e. The summed E-state index contributed by atoms with van der Waals surface area (Å²) >= 11 is 3.01. The molecule has 0 bridgehead atoms. The van der Waals surface area contributed by atoms with Gasteiger partial charge in [-0.2, -0.15) is 15.0 Å². The molecule has 2 heterocycles. The van der Waals surface area contributed by atoms with E-state index in [-0.39, 0.29) is 5.95 Å². The number of nitrogen functional groups attached to an aromatic ring is 1. The third-order valence-electron chi connectivity index (χ3n) is 3.58. The van der Waals surface area contributed by atoms with Gasteiger partial charge in [-0.1, -0.05) is 29.2 Å². The molecule has 0 amide bonds. The molecule has 3 rings (SSSR count). The second kappa shape index (κ2) is 7.83. The van der Waals surface area contributed by atoms with Crippen molar-refractivity contribution in [2.24, 2.45) is 0 Å². The van der Waals surface area contributed by atoms with Crippen molar-refractivity contribution in [3.05, 3.63) is 35.2 Å². The van der Waals surface area contributed by atoms with Gasteiger partial charge in [0.1, 0.15) is 5.82 Å². The van der Waals surface area contributed by atoms with Crippen LogP contribution in [-0.2, 0) is 5.75 Å². The van der Waals surface area contributed by atoms with Gasteiger partial charge in [0, 0.05) is 19.8 Å². The molecule has 0 unspecified atom stereocenters. The summed E-state index contributed by atoms with van der Waals surface area (Å²) in [5.41, 5.74) is 9.24. The predicted octanol–water partition coefficient (Wildman–Crippen LogP) is 3.02. The van der Waals surface area contributed by atoms with E-state index >= 15 is 0 Å². The SMILES string of the molecule is Cc1ccc(Nc2nnc(SCc3nc(N)nc(N(C)C)n3)s2)cc1C. The minimum absolute atomic E-state index is 0.216. The van der Waals surface area contributed by atoms with Crippen LogP contribution in [0.4, 0.5) is 22.7 Å². The van der Waals surface area contributed by atoms with Crippen molar-refractivity contribution in [2.45, 2.75) is 23.9 Å². The van der Waals surface area contributed by atoms with Crippen molar-refractivity contribution in [2.75, 3.05) is 30.0 Å². The summed E-state index contributed by atoms with van der Waals surface area (Å²) in [6.45, 7) is 4.18. The zero-order chi connectivity index (χ0) is 18.7. The van der Waals surface area contributed by atoms with E-state index in [4.69, 9.17) is 5.73 Å². The molecule has 10 heteroatoms. The first-order valence-electron chi connectivity index (χ1n) is 7.89. The molecule has 0 aliphatic carbocycles. The summed E-state index contributed by atoms with van der Waals surface area (Å²) in [5, 5.41) is 12.4. The maximum absolute atomic E-state index is 5.75. The molecule has 0 aliphatic heterocycles. The Hall–Kier alpha value is -2.46. The average Bonchev–Trinajstić information content (AvgIpc) is 3.03. The van der Waals surface area contributed by atoms with Gasteiger partial charge >= 0.3 is 0 Å². The van der Waals surface area contributed by atoms with Gasteiger partial charge in [-0.15, -0.1) is 10.2 Å². The second-order valence-corrected chi connectivity index (χ2v) is 8.09. The van der Waals surface area contributed by atoms with Crippen molar-refractivity contribution < 1.29 is 0 Å². The predicted molar refractivity (Wildman–Crippen MR) is 107 cm³/mol. The van der Waals surface area contributed by atoms with Crippen molar-refractivity contribution in [3.8, 4) is 0 Å². The molecule has 3 N–H and O–H groups in total. The van der Waals surface area contributed by atoms with Gasteiger partial charge in [0.2, 0.25) is 17.0 Å². The Morgan fingerprint density at radius 1 is 1.12 bits per heavy atom. The van der Waals surface area contributed by atoms with Crippen molar-refractivity contribution in [1.82, 2.24) is 25.1 Å². The first-order chi connectivity index (χ1) is 12.4. The molecule has 0 atom stereocenters. The summed E-state index contributed by atoms with van der Waals surface area (Å²) in [6.07, 6.45) is 0. The fourth-order valence-corrected chi connectivity index (χ4v) is 3.70. The Balaban J connectivity index is 1.64. The number of nitrogens with one attached hydrogen (secondary N) is 1. The summed E-state index contributed by atoms with van der Waals surface area (Å²) in [6, 6.07) is 6.22. The Morgan fingerprint density at radius 3 is 2.65 bits per heavy atom. The highest BCUT2D eigenvalue weighted by molar-refractivity contribution is 8.00. The Labute approximate surface area is 160 Å². The van der Waals surface area contributed by atoms with E-state index in [1.54, 1.807) is 4.90 Å². The largest absolute Gasteiger partial charge is 0.368 e. The number of aromatic nitrogens is 5. The number of anilines is 4. The zero-order valence-corrected chi connectivity index (χ0v) is 16.6. The fourth-order valence-electron chi connectivity index (χ4n) is 2.08. The highest BCUT2D eigenvalue weighted by Gasteiger charge is 2.10. The summed E-state index contributed by atoms with van der Waals surface area (Å²) in [5.74, 6) is 1.92. The molecule has 0 aliphatic rings. The number of rotatable bonds is 6. The number of benzene rings is 1. The van der Waals surface area contributed by atoms with E-state index in [0.29, 0.717) is 17.5 Å². The third-order valence-corrected chi connectivity index (χ3v) is 5.54. The standard InChI is InChI=1S/C16H20N8S2/c1-9-5-6-11(7-10(9)2)18-15-22-23-16(26-15)25-8-12-19-13(17)21-14(20-12)24(3)4/h5-7H,8H2,1-4H3,(H,18,22)(H2,17,19,20,21). The molecule has 0 spiro atoms. The topological polar surface area (TPSA) is 106 Å². The summed E-state index contributed by atoms with van der Waals surface area (Å²) in [7, 11) is 3.72. The normalized spacial score (nSPS) is 10.8. The van der Waals surface area contributed by atoms with Crippen LogP contribution in [0, 0.1) is 13.8 Å². The number of hydrogen-bond donors (Lipinski definition) is 2. The van der Waals surface area contributed by atoms with Gasteiger partial charge in [0.25, 0.3) is 0 Å². The van der Waals surface area contributed by atoms with Crippen LogP contribution in [0.25, 0.3) is 0 Å².